The lowest BCUT2D eigenvalue weighted by molar-refractivity contribution is -0.387. The lowest BCUT2D eigenvalue weighted by Crippen LogP contribution is -2.50. The number of carbonyl (C=O) groups excluding carboxylic acids is 2. The molecule has 146 valence electrons. The summed E-state index contributed by atoms with van der Waals surface area (Å²) >= 11 is 1.24. The maximum absolute atomic E-state index is 12.6. The number of ether oxygens (including phenoxy) is 1. The van der Waals surface area contributed by atoms with E-state index in [0.29, 0.717) is 17.4 Å². The Morgan fingerprint density at radius 1 is 1.26 bits per heavy atom. The number of amides is 1. The second-order valence-corrected chi connectivity index (χ2v) is 7.91. The van der Waals surface area contributed by atoms with Crippen LogP contribution in [0.4, 0.5) is 5.69 Å². The number of nitrogens with zero attached hydrogens (tertiary/aromatic N) is 2. The van der Waals surface area contributed by atoms with Crippen LogP contribution in [-0.2, 0) is 9.53 Å². The highest BCUT2D eigenvalue weighted by atomic mass is 32.2. The van der Waals surface area contributed by atoms with Gasteiger partial charge in [0.2, 0.25) is 0 Å². The third-order valence-electron chi connectivity index (χ3n) is 5.50. The summed E-state index contributed by atoms with van der Waals surface area (Å²) in [5, 5.41) is 11.1. The number of piperidine rings is 1. The van der Waals surface area contributed by atoms with E-state index in [1.807, 2.05) is 4.90 Å². The van der Waals surface area contributed by atoms with Gasteiger partial charge in [0.1, 0.15) is 0 Å². The molecule has 1 aliphatic heterocycles. The summed E-state index contributed by atoms with van der Waals surface area (Å²) in [6, 6.07) is 4.49. The first-order valence-corrected chi connectivity index (χ1v) is 10.5. The summed E-state index contributed by atoms with van der Waals surface area (Å²) in [5.41, 5.74) is -0.0501. The molecular formula is C19H24N2O5S. The molecule has 1 heterocycles. The molecule has 1 saturated carbocycles. The lowest BCUT2D eigenvalue weighted by Gasteiger charge is -2.44. The Hall–Kier alpha value is -2.09. The van der Waals surface area contributed by atoms with Gasteiger partial charge in [0.05, 0.1) is 15.4 Å². The average Bonchev–Trinajstić information content (AvgIpc) is 2.70. The van der Waals surface area contributed by atoms with Crippen molar-refractivity contribution in [3.8, 4) is 0 Å². The second kappa shape index (κ2) is 8.73. The molecule has 1 aromatic carbocycles. The fraction of sp³-hybridized carbons (Fsp3) is 0.579. The SMILES string of the molecule is CSc1ccc(C(=O)OCC(=O)N2CCC[C@H]3CCCC[C@H]32)cc1[N+](=O)[O-]. The highest BCUT2D eigenvalue weighted by Gasteiger charge is 2.35. The van der Waals surface area contributed by atoms with Crippen LogP contribution in [0, 0.1) is 16.0 Å². The number of nitro groups is 1. The highest BCUT2D eigenvalue weighted by Crippen LogP contribution is 2.35. The Labute approximate surface area is 162 Å². The van der Waals surface area contributed by atoms with E-state index in [2.05, 4.69) is 0 Å². The van der Waals surface area contributed by atoms with Crippen molar-refractivity contribution in [1.29, 1.82) is 0 Å². The minimum Gasteiger partial charge on any atom is -0.452 e. The zero-order chi connectivity index (χ0) is 19.4. The van der Waals surface area contributed by atoms with E-state index in [4.69, 9.17) is 4.74 Å². The Morgan fingerprint density at radius 2 is 2.00 bits per heavy atom. The fourth-order valence-corrected chi connectivity index (χ4v) is 4.73. The van der Waals surface area contributed by atoms with Gasteiger partial charge in [-0.15, -0.1) is 11.8 Å². The van der Waals surface area contributed by atoms with E-state index in [0.717, 1.165) is 19.3 Å². The largest absolute Gasteiger partial charge is 0.452 e. The van der Waals surface area contributed by atoms with Gasteiger partial charge in [-0.2, -0.15) is 0 Å². The Morgan fingerprint density at radius 3 is 2.74 bits per heavy atom. The van der Waals surface area contributed by atoms with Crippen LogP contribution in [0.5, 0.6) is 0 Å². The van der Waals surface area contributed by atoms with Crippen LogP contribution < -0.4 is 0 Å². The van der Waals surface area contributed by atoms with Crippen LogP contribution in [-0.4, -0.2) is 47.1 Å². The van der Waals surface area contributed by atoms with Crippen molar-refractivity contribution in [2.75, 3.05) is 19.4 Å². The molecule has 8 heteroatoms. The minimum atomic E-state index is -0.712. The summed E-state index contributed by atoms with van der Waals surface area (Å²) in [6.45, 7) is 0.394. The van der Waals surface area contributed by atoms with Crippen LogP contribution in [0.1, 0.15) is 48.9 Å². The molecule has 2 fully saturated rings. The van der Waals surface area contributed by atoms with Gasteiger partial charge in [-0.3, -0.25) is 14.9 Å². The number of hydrogen-bond donors (Lipinski definition) is 0. The molecular weight excluding hydrogens is 368 g/mol. The molecule has 27 heavy (non-hydrogen) atoms. The van der Waals surface area contributed by atoms with Gasteiger partial charge in [0.25, 0.3) is 11.6 Å². The van der Waals surface area contributed by atoms with Crippen LogP contribution in [0.3, 0.4) is 0 Å². The molecule has 0 N–H and O–H groups in total. The molecule has 2 atom stereocenters. The monoisotopic (exact) mass is 392 g/mol. The predicted octanol–water partition coefficient (Wildman–Crippen LogP) is 3.65. The number of nitro benzene ring substituents is 1. The molecule has 1 saturated heterocycles. The smallest absolute Gasteiger partial charge is 0.338 e. The summed E-state index contributed by atoms with van der Waals surface area (Å²) in [6.07, 6.45) is 8.44. The van der Waals surface area contributed by atoms with Crippen molar-refractivity contribution in [3.05, 3.63) is 33.9 Å². The molecule has 0 bridgehead atoms. The van der Waals surface area contributed by atoms with E-state index in [9.17, 15) is 19.7 Å². The van der Waals surface area contributed by atoms with Gasteiger partial charge in [0, 0.05) is 18.7 Å². The van der Waals surface area contributed by atoms with Crippen molar-refractivity contribution >= 4 is 29.3 Å². The van der Waals surface area contributed by atoms with Crippen LogP contribution in [0.15, 0.2) is 23.1 Å². The molecule has 2 aliphatic rings. The Kier molecular flexibility index (Phi) is 6.36. The zero-order valence-corrected chi connectivity index (χ0v) is 16.2. The maximum atomic E-state index is 12.6. The number of carbonyl (C=O) groups is 2. The molecule has 1 amide bonds. The first-order chi connectivity index (χ1) is 13.0. The summed E-state index contributed by atoms with van der Waals surface area (Å²) < 4.78 is 5.17. The van der Waals surface area contributed by atoms with Gasteiger partial charge < -0.3 is 9.64 Å². The van der Waals surface area contributed by atoms with Gasteiger partial charge in [0.15, 0.2) is 6.61 Å². The predicted molar refractivity (Wildman–Crippen MR) is 102 cm³/mol. The zero-order valence-electron chi connectivity index (χ0n) is 15.4. The lowest BCUT2D eigenvalue weighted by atomic mass is 9.78. The third kappa shape index (κ3) is 4.43. The van der Waals surface area contributed by atoms with Crippen molar-refractivity contribution in [3.63, 3.8) is 0 Å². The van der Waals surface area contributed by atoms with Gasteiger partial charge in [-0.1, -0.05) is 12.8 Å². The molecule has 3 rings (SSSR count). The first-order valence-electron chi connectivity index (χ1n) is 9.30. The van der Waals surface area contributed by atoms with Crippen LogP contribution in [0.2, 0.25) is 0 Å². The maximum Gasteiger partial charge on any atom is 0.338 e. The van der Waals surface area contributed by atoms with Crippen molar-refractivity contribution in [2.45, 2.75) is 49.5 Å². The normalized spacial score (nSPS) is 22.0. The Balaban J connectivity index is 1.62. The third-order valence-corrected chi connectivity index (χ3v) is 6.29. The van der Waals surface area contributed by atoms with Gasteiger partial charge in [-0.25, -0.2) is 4.79 Å². The number of thioether (sulfide) groups is 1. The number of hydrogen-bond acceptors (Lipinski definition) is 6. The molecule has 1 aliphatic carbocycles. The summed E-state index contributed by atoms with van der Waals surface area (Å²) in [5.74, 6) is -0.319. The van der Waals surface area contributed by atoms with Crippen molar-refractivity contribution in [2.24, 2.45) is 5.92 Å². The van der Waals surface area contributed by atoms with Crippen molar-refractivity contribution in [1.82, 2.24) is 4.90 Å². The highest BCUT2D eigenvalue weighted by molar-refractivity contribution is 7.98. The van der Waals surface area contributed by atoms with E-state index in [1.165, 1.54) is 49.2 Å². The van der Waals surface area contributed by atoms with Gasteiger partial charge in [-0.05, 0) is 50.0 Å². The van der Waals surface area contributed by atoms with E-state index < -0.39 is 10.9 Å². The topological polar surface area (TPSA) is 89.8 Å². The van der Waals surface area contributed by atoms with E-state index in [-0.39, 0.29) is 29.8 Å². The van der Waals surface area contributed by atoms with Gasteiger partial charge >= 0.3 is 5.97 Å². The number of fused-ring (bicyclic) bond motifs is 1. The molecule has 1 aromatic rings. The minimum absolute atomic E-state index is 0.0847. The average molecular weight is 392 g/mol. The number of likely N-dealkylation sites (tertiary alicyclic amines) is 1. The first kappa shape index (κ1) is 19.7. The molecule has 7 nitrogen and oxygen atoms in total. The summed E-state index contributed by atoms with van der Waals surface area (Å²) in [7, 11) is 0. The second-order valence-electron chi connectivity index (χ2n) is 7.06. The Bertz CT molecular complexity index is 737. The number of esters is 1. The summed E-state index contributed by atoms with van der Waals surface area (Å²) in [4.78, 5) is 37.8. The number of benzene rings is 1. The van der Waals surface area contributed by atoms with Crippen LogP contribution in [0.25, 0.3) is 0 Å². The molecule has 0 unspecified atom stereocenters. The van der Waals surface area contributed by atoms with E-state index >= 15 is 0 Å². The van der Waals surface area contributed by atoms with Crippen LogP contribution >= 0.6 is 11.8 Å². The quantitative estimate of drug-likeness (QED) is 0.329. The van der Waals surface area contributed by atoms with Crippen molar-refractivity contribution < 1.29 is 19.2 Å². The fourth-order valence-electron chi connectivity index (χ4n) is 4.19. The molecule has 0 aromatic heterocycles. The molecule has 0 spiro atoms. The number of rotatable bonds is 5. The standard InChI is InChI=1S/C19H24N2O5S/c1-27-17-9-8-14(11-16(17)21(24)25)19(23)26-12-18(22)20-10-4-6-13-5-2-3-7-15(13)20/h8-9,11,13,15H,2-7,10,12H2,1H3/t13-,15-/m1/s1. The molecule has 0 radical (unpaired) electrons. The van der Waals surface area contributed by atoms with E-state index in [1.54, 1.807) is 6.26 Å².